The molecule has 80 valence electrons. The molecule has 0 aliphatic rings. The third-order valence-corrected chi connectivity index (χ3v) is 1.75. The summed E-state index contributed by atoms with van der Waals surface area (Å²) in [6.45, 7) is 4.19. The second kappa shape index (κ2) is 5.80. The molecule has 1 aromatic carbocycles. The molecule has 2 N–H and O–H groups in total. The fraction of sp³-hybridized carbons (Fsp3) is 0.182. The molecule has 0 saturated heterocycles. The predicted molar refractivity (Wildman–Crippen MR) is 56.8 cm³/mol. The molecule has 0 atom stereocenters. The Morgan fingerprint density at radius 3 is 2.93 bits per heavy atom. The van der Waals surface area contributed by atoms with Gasteiger partial charge in [-0.25, -0.2) is 9.18 Å². The van der Waals surface area contributed by atoms with Gasteiger partial charge in [0, 0.05) is 13.1 Å². The molecule has 0 unspecified atom stereocenters. The molecule has 2 amide bonds. The highest BCUT2D eigenvalue weighted by molar-refractivity contribution is 5.73. The molecule has 0 aromatic heterocycles. The van der Waals surface area contributed by atoms with Crippen LogP contribution >= 0.6 is 0 Å². The molecule has 3 nitrogen and oxygen atoms in total. The van der Waals surface area contributed by atoms with E-state index < -0.39 is 0 Å². The van der Waals surface area contributed by atoms with E-state index in [0.717, 1.165) is 5.56 Å². The zero-order chi connectivity index (χ0) is 11.1. The summed E-state index contributed by atoms with van der Waals surface area (Å²) in [6.07, 6.45) is 1.59. The average molecular weight is 208 g/mol. The van der Waals surface area contributed by atoms with Crippen molar-refractivity contribution in [2.45, 2.75) is 6.54 Å². The van der Waals surface area contributed by atoms with Crippen molar-refractivity contribution in [3.63, 3.8) is 0 Å². The average Bonchev–Trinajstić information content (AvgIpc) is 2.23. The molecule has 15 heavy (non-hydrogen) atoms. The zero-order valence-electron chi connectivity index (χ0n) is 8.29. The Morgan fingerprint density at radius 1 is 1.47 bits per heavy atom. The van der Waals surface area contributed by atoms with Crippen molar-refractivity contribution < 1.29 is 9.18 Å². The first kappa shape index (κ1) is 11.2. The summed E-state index contributed by atoms with van der Waals surface area (Å²) in [5.74, 6) is -0.305. The van der Waals surface area contributed by atoms with E-state index in [2.05, 4.69) is 17.2 Å². The van der Waals surface area contributed by atoms with Gasteiger partial charge < -0.3 is 10.6 Å². The molecule has 0 aliphatic carbocycles. The molecular weight excluding hydrogens is 195 g/mol. The van der Waals surface area contributed by atoms with Gasteiger partial charge in [-0.2, -0.15) is 0 Å². The number of urea groups is 1. The predicted octanol–water partition coefficient (Wildman–Crippen LogP) is 1.81. The maximum absolute atomic E-state index is 12.8. The number of carbonyl (C=O) groups excluding carboxylic acids is 1. The monoisotopic (exact) mass is 208 g/mol. The van der Waals surface area contributed by atoms with Crippen LogP contribution in [0, 0.1) is 5.82 Å². The maximum Gasteiger partial charge on any atom is 0.315 e. The second-order valence-electron chi connectivity index (χ2n) is 2.98. The Kier molecular flexibility index (Phi) is 4.34. The summed E-state index contributed by atoms with van der Waals surface area (Å²) in [6, 6.07) is 5.80. The molecule has 1 aromatic rings. The van der Waals surface area contributed by atoms with Gasteiger partial charge in [0.2, 0.25) is 0 Å². The van der Waals surface area contributed by atoms with Crippen LogP contribution in [0.3, 0.4) is 0 Å². The Bertz CT molecular complexity index is 352. The van der Waals surface area contributed by atoms with Gasteiger partial charge in [-0.1, -0.05) is 18.2 Å². The summed E-state index contributed by atoms with van der Waals surface area (Å²) in [5.41, 5.74) is 0.726. The van der Waals surface area contributed by atoms with Gasteiger partial charge >= 0.3 is 6.03 Å². The topological polar surface area (TPSA) is 41.1 Å². The lowest BCUT2D eigenvalue weighted by atomic mass is 10.2. The van der Waals surface area contributed by atoms with Crippen molar-refractivity contribution in [2.75, 3.05) is 6.54 Å². The summed E-state index contributed by atoms with van der Waals surface area (Å²) in [5, 5.41) is 5.15. The van der Waals surface area contributed by atoms with Gasteiger partial charge in [-0.05, 0) is 17.7 Å². The summed E-state index contributed by atoms with van der Waals surface area (Å²) < 4.78 is 12.8. The SMILES string of the molecule is C=CCNC(=O)NCc1cccc(F)c1. The molecule has 0 aliphatic heterocycles. The molecule has 0 radical (unpaired) electrons. The summed E-state index contributed by atoms with van der Waals surface area (Å²) >= 11 is 0. The van der Waals surface area contributed by atoms with Gasteiger partial charge in [0.15, 0.2) is 0 Å². The Labute approximate surface area is 88.0 Å². The van der Waals surface area contributed by atoms with Crippen LogP contribution in [0.1, 0.15) is 5.56 Å². The fourth-order valence-electron chi connectivity index (χ4n) is 1.06. The first-order chi connectivity index (χ1) is 7.22. The van der Waals surface area contributed by atoms with E-state index in [1.165, 1.54) is 12.1 Å². The first-order valence-electron chi connectivity index (χ1n) is 4.59. The fourth-order valence-corrected chi connectivity index (χ4v) is 1.06. The van der Waals surface area contributed by atoms with Crippen molar-refractivity contribution >= 4 is 6.03 Å². The minimum absolute atomic E-state index is 0.292. The highest BCUT2D eigenvalue weighted by Crippen LogP contribution is 2.02. The number of benzene rings is 1. The lowest BCUT2D eigenvalue weighted by molar-refractivity contribution is 0.241. The Morgan fingerprint density at radius 2 is 2.27 bits per heavy atom. The normalized spacial score (nSPS) is 9.40. The molecule has 4 heteroatoms. The molecular formula is C11H13FN2O. The highest BCUT2D eigenvalue weighted by atomic mass is 19.1. The molecule has 1 rings (SSSR count). The summed E-state index contributed by atoms with van der Waals surface area (Å²) in [7, 11) is 0. The Hall–Kier alpha value is -1.84. The molecule has 0 saturated carbocycles. The van der Waals surface area contributed by atoms with E-state index in [-0.39, 0.29) is 11.8 Å². The van der Waals surface area contributed by atoms with Crippen LogP contribution in [0.4, 0.5) is 9.18 Å². The van der Waals surface area contributed by atoms with Gasteiger partial charge in [0.25, 0.3) is 0 Å². The third-order valence-electron chi connectivity index (χ3n) is 1.75. The van der Waals surface area contributed by atoms with Crippen molar-refractivity contribution in [1.29, 1.82) is 0 Å². The zero-order valence-corrected chi connectivity index (χ0v) is 8.29. The molecule has 0 bridgehead atoms. The van der Waals surface area contributed by atoms with Crippen LogP contribution in [0.2, 0.25) is 0 Å². The molecule has 0 heterocycles. The lowest BCUT2D eigenvalue weighted by Gasteiger charge is -2.05. The number of hydrogen-bond acceptors (Lipinski definition) is 1. The number of halogens is 1. The number of amides is 2. The standard InChI is InChI=1S/C11H13FN2O/c1-2-6-13-11(15)14-8-9-4-3-5-10(12)7-9/h2-5,7H,1,6,8H2,(H2,13,14,15). The summed E-state index contributed by atoms with van der Waals surface area (Å²) in [4.78, 5) is 11.1. The smallest absolute Gasteiger partial charge is 0.315 e. The number of hydrogen-bond donors (Lipinski definition) is 2. The van der Waals surface area contributed by atoms with Crippen LogP contribution in [-0.4, -0.2) is 12.6 Å². The van der Waals surface area contributed by atoms with E-state index in [1.807, 2.05) is 0 Å². The van der Waals surface area contributed by atoms with Crippen molar-refractivity contribution in [3.8, 4) is 0 Å². The number of rotatable bonds is 4. The number of nitrogens with one attached hydrogen (secondary N) is 2. The van der Waals surface area contributed by atoms with E-state index in [1.54, 1.807) is 18.2 Å². The quantitative estimate of drug-likeness (QED) is 0.728. The second-order valence-corrected chi connectivity index (χ2v) is 2.98. The van der Waals surface area contributed by atoms with Crippen LogP contribution < -0.4 is 10.6 Å². The molecule has 0 spiro atoms. The van der Waals surface area contributed by atoms with Crippen LogP contribution in [-0.2, 0) is 6.54 Å². The van der Waals surface area contributed by atoms with Crippen molar-refractivity contribution in [1.82, 2.24) is 10.6 Å². The lowest BCUT2D eigenvalue weighted by Crippen LogP contribution is -2.34. The van der Waals surface area contributed by atoms with Gasteiger partial charge in [0.05, 0.1) is 0 Å². The largest absolute Gasteiger partial charge is 0.335 e. The van der Waals surface area contributed by atoms with Gasteiger partial charge in [0.1, 0.15) is 5.82 Å². The van der Waals surface area contributed by atoms with Crippen molar-refractivity contribution in [2.24, 2.45) is 0 Å². The van der Waals surface area contributed by atoms with Gasteiger partial charge in [-0.3, -0.25) is 0 Å². The van der Waals surface area contributed by atoms with E-state index >= 15 is 0 Å². The third kappa shape index (κ3) is 4.26. The van der Waals surface area contributed by atoms with Gasteiger partial charge in [-0.15, -0.1) is 6.58 Å². The van der Waals surface area contributed by atoms with Crippen LogP contribution in [0.5, 0.6) is 0 Å². The van der Waals surface area contributed by atoms with Crippen LogP contribution in [0.25, 0.3) is 0 Å². The van der Waals surface area contributed by atoms with E-state index in [4.69, 9.17) is 0 Å². The Balaban J connectivity index is 2.36. The highest BCUT2D eigenvalue weighted by Gasteiger charge is 1.99. The van der Waals surface area contributed by atoms with E-state index in [9.17, 15) is 9.18 Å². The van der Waals surface area contributed by atoms with E-state index in [0.29, 0.717) is 13.1 Å². The molecule has 0 fully saturated rings. The number of carbonyl (C=O) groups is 1. The van der Waals surface area contributed by atoms with Crippen LogP contribution in [0.15, 0.2) is 36.9 Å². The van der Waals surface area contributed by atoms with Crippen molar-refractivity contribution in [3.05, 3.63) is 48.3 Å². The minimum Gasteiger partial charge on any atom is -0.335 e. The first-order valence-corrected chi connectivity index (χ1v) is 4.59. The minimum atomic E-state index is -0.305. The maximum atomic E-state index is 12.8.